The zero-order valence-corrected chi connectivity index (χ0v) is 16.1. The quantitative estimate of drug-likeness (QED) is 0.449. The van der Waals surface area contributed by atoms with Crippen LogP contribution in [-0.4, -0.2) is 16.0 Å². The molecule has 0 atom stereocenters. The third-order valence-corrected chi connectivity index (χ3v) is 5.78. The first-order valence-electron chi connectivity index (χ1n) is 8.40. The first kappa shape index (κ1) is 17.6. The minimum Gasteiger partial charge on any atom is -0.306 e. The molecule has 1 aromatic carbocycles. The maximum absolute atomic E-state index is 13.9. The van der Waals surface area contributed by atoms with Crippen molar-refractivity contribution < 1.29 is 9.18 Å². The summed E-state index contributed by atoms with van der Waals surface area (Å²) in [5.74, 6) is -0.501. The van der Waals surface area contributed by atoms with E-state index in [0.717, 1.165) is 0 Å². The number of benzene rings is 1. The Morgan fingerprint density at radius 2 is 2.03 bits per heavy atom. The Kier molecular flexibility index (Phi) is 3.94. The predicted octanol–water partition coefficient (Wildman–Crippen LogP) is 5.71. The van der Waals surface area contributed by atoms with E-state index in [1.807, 2.05) is 0 Å². The van der Waals surface area contributed by atoms with Crippen LogP contribution < -0.4 is 10.2 Å². The Bertz CT molecular complexity index is 1350. The van der Waals surface area contributed by atoms with Gasteiger partial charge in [0, 0.05) is 23.3 Å². The monoisotopic (exact) mass is 421 g/mol. The van der Waals surface area contributed by atoms with Crippen molar-refractivity contribution in [2.75, 3.05) is 10.2 Å². The molecular weight excluding hydrogens is 413 g/mol. The number of rotatable bonds is 2. The van der Waals surface area contributed by atoms with Crippen molar-refractivity contribution in [3.63, 3.8) is 0 Å². The van der Waals surface area contributed by atoms with E-state index in [-0.39, 0.29) is 21.8 Å². The van der Waals surface area contributed by atoms with Crippen LogP contribution in [0.3, 0.4) is 0 Å². The van der Waals surface area contributed by atoms with Gasteiger partial charge >= 0.3 is 6.03 Å². The first-order valence-corrected chi connectivity index (χ1v) is 9.66. The molecule has 29 heavy (non-hydrogen) atoms. The Hall–Kier alpha value is -3.54. The molecule has 0 spiro atoms. The zero-order chi connectivity index (χ0) is 20.1. The number of halogens is 2. The highest BCUT2D eigenvalue weighted by Gasteiger charge is 2.33. The molecule has 0 saturated carbocycles. The topological polar surface area (TPSA) is 81.9 Å². The number of carbonyl (C=O) groups excluding carboxylic acids is 1. The molecule has 0 aliphatic carbocycles. The van der Waals surface area contributed by atoms with E-state index in [1.165, 1.54) is 34.4 Å². The highest BCUT2D eigenvalue weighted by Crippen LogP contribution is 2.47. The molecule has 1 aliphatic heterocycles. The smallest absolute Gasteiger partial charge is 0.306 e. The second kappa shape index (κ2) is 6.51. The van der Waals surface area contributed by atoms with E-state index in [2.05, 4.69) is 21.4 Å². The number of hydrogen-bond donors (Lipinski definition) is 1. The third kappa shape index (κ3) is 2.63. The molecule has 4 heterocycles. The summed E-state index contributed by atoms with van der Waals surface area (Å²) in [4.78, 5) is 23.5. The lowest BCUT2D eigenvalue weighted by Gasteiger charge is -2.29. The van der Waals surface area contributed by atoms with Gasteiger partial charge in [-0.1, -0.05) is 11.6 Å². The highest BCUT2D eigenvalue weighted by molar-refractivity contribution is 7.17. The van der Waals surface area contributed by atoms with Gasteiger partial charge in [-0.3, -0.25) is 9.88 Å². The van der Waals surface area contributed by atoms with Gasteiger partial charge in [-0.05, 0) is 30.3 Å². The van der Waals surface area contributed by atoms with Gasteiger partial charge in [-0.15, -0.1) is 11.3 Å². The average Bonchev–Trinajstić information content (AvgIpc) is 3.13. The molecule has 2 amide bonds. The molecule has 3 aromatic heterocycles. The molecule has 140 valence electrons. The highest BCUT2D eigenvalue weighted by atomic mass is 35.5. The Labute approximate surface area is 172 Å². The molecule has 0 saturated heterocycles. The molecule has 1 N–H and O–H groups in total. The summed E-state index contributed by atoms with van der Waals surface area (Å²) < 4.78 is 13.9. The van der Waals surface area contributed by atoms with Crippen molar-refractivity contribution in [3.05, 3.63) is 64.5 Å². The molecule has 0 bridgehead atoms. The fourth-order valence-corrected chi connectivity index (χ4v) is 4.44. The number of nitrogens with zero attached hydrogens (tertiary/aromatic N) is 4. The lowest BCUT2D eigenvalue weighted by atomic mass is 10.0. The van der Waals surface area contributed by atoms with Crippen LogP contribution in [-0.2, 0) is 0 Å². The normalized spacial score (nSPS) is 12.7. The van der Waals surface area contributed by atoms with Crippen LogP contribution in [0.2, 0.25) is 5.02 Å². The van der Waals surface area contributed by atoms with E-state index in [0.29, 0.717) is 27.3 Å². The van der Waals surface area contributed by atoms with Gasteiger partial charge in [0.15, 0.2) is 0 Å². The second-order valence-electron chi connectivity index (χ2n) is 6.22. The van der Waals surface area contributed by atoms with Crippen molar-refractivity contribution in [2.24, 2.45) is 0 Å². The summed E-state index contributed by atoms with van der Waals surface area (Å²) in [5, 5.41) is 15.5. The van der Waals surface area contributed by atoms with E-state index in [9.17, 15) is 14.4 Å². The van der Waals surface area contributed by atoms with Gasteiger partial charge in [0.1, 0.15) is 22.3 Å². The first-order chi connectivity index (χ1) is 14.1. The molecular formula is C20H9ClFN5OS. The predicted molar refractivity (Wildman–Crippen MR) is 110 cm³/mol. The number of anilines is 3. The van der Waals surface area contributed by atoms with E-state index >= 15 is 0 Å². The number of hydrogen-bond acceptors (Lipinski definition) is 5. The zero-order valence-electron chi connectivity index (χ0n) is 14.5. The Morgan fingerprint density at radius 3 is 2.79 bits per heavy atom. The molecule has 0 radical (unpaired) electrons. The average molecular weight is 422 g/mol. The molecule has 4 aromatic rings. The number of thiophene rings is 1. The largest absolute Gasteiger partial charge is 0.331 e. The van der Waals surface area contributed by atoms with E-state index < -0.39 is 11.8 Å². The van der Waals surface area contributed by atoms with Gasteiger partial charge in [0.2, 0.25) is 0 Å². The maximum Gasteiger partial charge on any atom is 0.331 e. The Morgan fingerprint density at radius 1 is 1.24 bits per heavy atom. The van der Waals surface area contributed by atoms with Crippen LogP contribution in [0.15, 0.2) is 48.1 Å². The summed E-state index contributed by atoms with van der Waals surface area (Å²) in [7, 11) is 0. The van der Waals surface area contributed by atoms with Gasteiger partial charge in [-0.25, -0.2) is 14.2 Å². The molecule has 5 rings (SSSR count). The summed E-state index contributed by atoms with van der Waals surface area (Å²) >= 11 is 7.61. The fraction of sp³-hybridized carbons (Fsp3) is 0. The van der Waals surface area contributed by atoms with Crippen molar-refractivity contribution in [2.45, 2.75) is 0 Å². The number of nitrogens with one attached hydrogen (secondary N) is 1. The van der Waals surface area contributed by atoms with Crippen LogP contribution >= 0.6 is 22.9 Å². The summed E-state index contributed by atoms with van der Waals surface area (Å²) in [6.45, 7) is 0. The van der Waals surface area contributed by atoms with Gasteiger partial charge in [0.05, 0.1) is 33.2 Å². The number of aromatic nitrogens is 2. The minimum atomic E-state index is -0.501. The van der Waals surface area contributed by atoms with Crippen LogP contribution in [0.25, 0.3) is 21.5 Å². The van der Waals surface area contributed by atoms with Crippen molar-refractivity contribution in [1.29, 1.82) is 5.26 Å². The number of amides is 2. The second-order valence-corrected chi connectivity index (χ2v) is 7.49. The van der Waals surface area contributed by atoms with E-state index in [1.54, 1.807) is 29.9 Å². The number of urea groups is 1. The van der Waals surface area contributed by atoms with Gasteiger partial charge in [-0.2, -0.15) is 5.26 Å². The van der Waals surface area contributed by atoms with Crippen molar-refractivity contribution >= 4 is 56.2 Å². The van der Waals surface area contributed by atoms with Crippen molar-refractivity contribution in [1.82, 2.24) is 9.97 Å². The van der Waals surface area contributed by atoms with Crippen LogP contribution in [0.1, 0.15) is 5.56 Å². The summed E-state index contributed by atoms with van der Waals surface area (Å²) in [6.07, 6.45) is 3.11. The fourth-order valence-electron chi connectivity index (χ4n) is 3.36. The number of pyridine rings is 2. The summed E-state index contributed by atoms with van der Waals surface area (Å²) in [5.41, 5.74) is 2.15. The number of carbonyl (C=O) groups is 1. The molecule has 0 unspecified atom stereocenters. The van der Waals surface area contributed by atoms with Gasteiger partial charge in [0.25, 0.3) is 0 Å². The standard InChI is InChI=1S/C20H9ClFN5OS/c21-14-2-1-10(22)7-12(14)17-13(8-23)18-16-15(9-29-19(16)26-17)25-20(28)27(18)11-3-5-24-6-4-11/h1-7,9H,(H,25,28). The lowest BCUT2D eigenvalue weighted by molar-refractivity contribution is 0.259. The van der Waals surface area contributed by atoms with Crippen LogP contribution in [0.4, 0.5) is 26.2 Å². The third-order valence-electron chi connectivity index (χ3n) is 4.58. The molecule has 9 heteroatoms. The lowest BCUT2D eigenvalue weighted by Crippen LogP contribution is -2.34. The van der Waals surface area contributed by atoms with Crippen LogP contribution in [0, 0.1) is 17.1 Å². The molecule has 1 aliphatic rings. The van der Waals surface area contributed by atoms with E-state index in [4.69, 9.17) is 11.6 Å². The minimum absolute atomic E-state index is 0.135. The van der Waals surface area contributed by atoms with Gasteiger partial charge < -0.3 is 5.32 Å². The number of nitriles is 1. The SMILES string of the molecule is N#Cc1c(-c2cc(F)ccc2Cl)nc2scc3c2c1N(c1ccncc1)C(=O)N3. The molecule has 6 nitrogen and oxygen atoms in total. The van der Waals surface area contributed by atoms with Crippen LogP contribution in [0.5, 0.6) is 0 Å². The maximum atomic E-state index is 13.9. The molecule has 0 fully saturated rings. The summed E-state index contributed by atoms with van der Waals surface area (Å²) in [6, 6.07) is 8.95. The van der Waals surface area contributed by atoms with Crippen molar-refractivity contribution in [3.8, 4) is 17.3 Å². The Balaban J connectivity index is 1.90.